The lowest BCUT2D eigenvalue weighted by Crippen LogP contribution is -2.21. The van der Waals surface area contributed by atoms with Crippen molar-refractivity contribution in [1.82, 2.24) is 15.5 Å². The Hall–Kier alpha value is -1.68. The van der Waals surface area contributed by atoms with Crippen LogP contribution in [0, 0.1) is 0 Å². The van der Waals surface area contributed by atoms with Crippen molar-refractivity contribution in [1.29, 1.82) is 0 Å². The Kier molecular flexibility index (Phi) is 4.68. The molecular weight excluding hydrogens is 238 g/mol. The van der Waals surface area contributed by atoms with E-state index in [0.29, 0.717) is 17.9 Å². The second kappa shape index (κ2) is 6.48. The third-order valence-corrected chi connectivity index (χ3v) is 3.30. The lowest BCUT2D eigenvalue weighted by Gasteiger charge is -2.14. The average molecular weight is 259 g/mol. The second-order valence-electron chi connectivity index (χ2n) is 5.08. The highest BCUT2D eigenvalue weighted by Gasteiger charge is 2.06. The molecule has 2 aromatic rings. The Bertz CT molecular complexity index is 477. The van der Waals surface area contributed by atoms with Gasteiger partial charge < -0.3 is 9.84 Å². The molecule has 2 rings (SSSR count). The van der Waals surface area contributed by atoms with Gasteiger partial charge in [0.25, 0.3) is 0 Å². The summed E-state index contributed by atoms with van der Waals surface area (Å²) in [5.41, 5.74) is 2.68. The van der Waals surface area contributed by atoms with Crippen molar-refractivity contribution in [3.63, 3.8) is 0 Å². The van der Waals surface area contributed by atoms with E-state index in [0.717, 1.165) is 13.0 Å². The standard InChI is InChI=1S/C15H21N3O/c1-11(2)13-4-6-14(7-5-13)12(3)16-9-8-15-17-10-18-19-15/h4-7,10-12,16H,8-9H2,1-3H3. The molecule has 102 valence electrons. The number of nitrogens with one attached hydrogen (secondary N) is 1. The smallest absolute Gasteiger partial charge is 0.227 e. The number of hydrogen-bond acceptors (Lipinski definition) is 4. The lowest BCUT2D eigenvalue weighted by molar-refractivity contribution is 0.372. The van der Waals surface area contributed by atoms with Crippen LogP contribution in [0.5, 0.6) is 0 Å². The molecule has 0 radical (unpaired) electrons. The van der Waals surface area contributed by atoms with Crippen LogP contribution >= 0.6 is 0 Å². The predicted octanol–water partition coefficient (Wildman–Crippen LogP) is 3.09. The minimum Gasteiger partial charge on any atom is -0.340 e. The van der Waals surface area contributed by atoms with E-state index >= 15 is 0 Å². The molecule has 0 bridgehead atoms. The summed E-state index contributed by atoms with van der Waals surface area (Å²) < 4.78 is 4.96. The third kappa shape index (κ3) is 3.89. The van der Waals surface area contributed by atoms with Gasteiger partial charge in [0.15, 0.2) is 6.33 Å². The van der Waals surface area contributed by atoms with E-state index in [4.69, 9.17) is 4.52 Å². The molecule has 0 amide bonds. The molecule has 1 aromatic carbocycles. The minimum atomic E-state index is 0.323. The molecule has 0 fully saturated rings. The zero-order valence-corrected chi connectivity index (χ0v) is 11.8. The van der Waals surface area contributed by atoms with Gasteiger partial charge in [-0.2, -0.15) is 4.98 Å². The van der Waals surface area contributed by atoms with Gasteiger partial charge in [-0.05, 0) is 24.0 Å². The Morgan fingerprint density at radius 1 is 1.11 bits per heavy atom. The van der Waals surface area contributed by atoms with Crippen molar-refractivity contribution >= 4 is 0 Å². The van der Waals surface area contributed by atoms with Crippen molar-refractivity contribution in [2.24, 2.45) is 0 Å². The highest BCUT2D eigenvalue weighted by molar-refractivity contribution is 5.26. The van der Waals surface area contributed by atoms with Gasteiger partial charge in [0.05, 0.1) is 0 Å². The quantitative estimate of drug-likeness (QED) is 0.866. The molecule has 1 N–H and O–H groups in total. The summed E-state index contributed by atoms with van der Waals surface area (Å²) in [5, 5.41) is 7.05. The molecule has 0 spiro atoms. The summed E-state index contributed by atoms with van der Waals surface area (Å²) in [5.74, 6) is 1.25. The minimum absolute atomic E-state index is 0.323. The molecular formula is C15H21N3O. The van der Waals surface area contributed by atoms with Crippen LogP contribution in [0.1, 0.15) is 49.7 Å². The van der Waals surface area contributed by atoms with Crippen LogP contribution in [-0.2, 0) is 6.42 Å². The summed E-state index contributed by atoms with van der Waals surface area (Å²) in [6.45, 7) is 7.41. The molecule has 4 heteroatoms. The molecule has 1 heterocycles. The average Bonchev–Trinajstić information content (AvgIpc) is 2.92. The Morgan fingerprint density at radius 3 is 2.37 bits per heavy atom. The number of hydrogen-bond donors (Lipinski definition) is 1. The zero-order valence-electron chi connectivity index (χ0n) is 11.8. The maximum absolute atomic E-state index is 4.96. The van der Waals surface area contributed by atoms with Crippen LogP contribution in [0.2, 0.25) is 0 Å². The van der Waals surface area contributed by atoms with Crippen molar-refractivity contribution in [2.75, 3.05) is 6.54 Å². The van der Waals surface area contributed by atoms with E-state index in [1.54, 1.807) is 0 Å². The summed E-state index contributed by atoms with van der Waals surface area (Å²) in [6.07, 6.45) is 2.19. The summed E-state index contributed by atoms with van der Waals surface area (Å²) >= 11 is 0. The maximum atomic E-state index is 4.96. The van der Waals surface area contributed by atoms with Crippen LogP contribution in [0.3, 0.4) is 0 Å². The fraction of sp³-hybridized carbons (Fsp3) is 0.467. The topological polar surface area (TPSA) is 51.0 Å². The summed E-state index contributed by atoms with van der Waals surface area (Å²) in [7, 11) is 0. The Balaban J connectivity index is 1.83. The first kappa shape index (κ1) is 13.7. The van der Waals surface area contributed by atoms with E-state index in [1.807, 2.05) is 0 Å². The first-order valence-electron chi connectivity index (χ1n) is 6.75. The fourth-order valence-corrected chi connectivity index (χ4v) is 1.99. The molecule has 0 aliphatic heterocycles. The number of rotatable bonds is 6. The van der Waals surface area contributed by atoms with Crippen LogP contribution in [0.15, 0.2) is 35.1 Å². The molecule has 0 saturated heterocycles. The van der Waals surface area contributed by atoms with Crippen molar-refractivity contribution in [3.05, 3.63) is 47.6 Å². The van der Waals surface area contributed by atoms with Crippen LogP contribution in [0.25, 0.3) is 0 Å². The van der Waals surface area contributed by atoms with Gasteiger partial charge in [0.2, 0.25) is 5.89 Å². The van der Waals surface area contributed by atoms with Gasteiger partial charge in [-0.25, -0.2) is 0 Å². The largest absolute Gasteiger partial charge is 0.340 e. The first-order chi connectivity index (χ1) is 9.16. The fourth-order valence-electron chi connectivity index (χ4n) is 1.99. The Labute approximate surface area is 114 Å². The van der Waals surface area contributed by atoms with E-state index in [9.17, 15) is 0 Å². The van der Waals surface area contributed by atoms with E-state index in [2.05, 4.69) is 60.5 Å². The number of aromatic nitrogens is 2. The lowest BCUT2D eigenvalue weighted by atomic mass is 9.99. The van der Waals surface area contributed by atoms with Gasteiger partial charge in [0, 0.05) is 19.0 Å². The second-order valence-corrected chi connectivity index (χ2v) is 5.08. The van der Waals surface area contributed by atoms with Gasteiger partial charge in [-0.3, -0.25) is 0 Å². The van der Waals surface area contributed by atoms with Crippen molar-refractivity contribution in [3.8, 4) is 0 Å². The van der Waals surface area contributed by atoms with Crippen LogP contribution in [-0.4, -0.2) is 16.7 Å². The number of benzene rings is 1. The van der Waals surface area contributed by atoms with Gasteiger partial charge in [0.1, 0.15) is 0 Å². The van der Waals surface area contributed by atoms with Gasteiger partial charge in [-0.1, -0.05) is 43.3 Å². The van der Waals surface area contributed by atoms with Crippen molar-refractivity contribution < 1.29 is 4.52 Å². The van der Waals surface area contributed by atoms with Crippen LogP contribution in [0.4, 0.5) is 0 Å². The molecule has 1 unspecified atom stereocenters. The van der Waals surface area contributed by atoms with Crippen molar-refractivity contribution in [2.45, 2.75) is 39.2 Å². The summed E-state index contributed by atoms with van der Waals surface area (Å²) in [6, 6.07) is 9.12. The van der Waals surface area contributed by atoms with E-state index in [1.165, 1.54) is 17.5 Å². The third-order valence-electron chi connectivity index (χ3n) is 3.30. The van der Waals surface area contributed by atoms with E-state index < -0.39 is 0 Å². The molecule has 1 atom stereocenters. The molecule has 19 heavy (non-hydrogen) atoms. The van der Waals surface area contributed by atoms with Gasteiger partial charge >= 0.3 is 0 Å². The predicted molar refractivity (Wildman–Crippen MR) is 75.0 cm³/mol. The molecule has 0 saturated carbocycles. The van der Waals surface area contributed by atoms with Gasteiger partial charge in [-0.15, -0.1) is 0 Å². The highest BCUT2D eigenvalue weighted by Crippen LogP contribution is 2.18. The first-order valence-corrected chi connectivity index (χ1v) is 6.75. The van der Waals surface area contributed by atoms with E-state index in [-0.39, 0.29) is 0 Å². The molecule has 4 nitrogen and oxygen atoms in total. The molecule has 0 aliphatic rings. The number of nitrogens with zero attached hydrogens (tertiary/aromatic N) is 2. The SMILES string of the molecule is CC(C)c1ccc(C(C)NCCc2ncno2)cc1. The van der Waals surface area contributed by atoms with Crippen LogP contribution < -0.4 is 5.32 Å². The normalized spacial score (nSPS) is 12.8. The maximum Gasteiger partial charge on any atom is 0.227 e. The molecule has 1 aromatic heterocycles. The zero-order chi connectivity index (χ0) is 13.7. The monoisotopic (exact) mass is 259 g/mol. The molecule has 0 aliphatic carbocycles. The highest BCUT2D eigenvalue weighted by atomic mass is 16.5. The Morgan fingerprint density at radius 2 is 1.79 bits per heavy atom. The summed E-state index contributed by atoms with van der Waals surface area (Å²) in [4.78, 5) is 4.00.